The first kappa shape index (κ1) is 15.3. The zero-order valence-electron chi connectivity index (χ0n) is 11.9. The largest absolute Gasteiger partial charge is 0.451 e. The molecule has 7 heteroatoms. The van der Waals surface area contributed by atoms with E-state index < -0.39 is 5.54 Å². The first-order valence-electron chi connectivity index (χ1n) is 6.89. The highest BCUT2D eigenvalue weighted by Crippen LogP contribution is 2.39. The van der Waals surface area contributed by atoms with Crippen LogP contribution < -0.4 is 5.73 Å². The van der Waals surface area contributed by atoms with E-state index in [0.717, 1.165) is 35.8 Å². The van der Waals surface area contributed by atoms with Crippen molar-refractivity contribution in [1.29, 1.82) is 0 Å². The molecule has 1 saturated carbocycles. The molecule has 4 rings (SSSR count). The quantitative estimate of drug-likeness (QED) is 0.756. The first-order chi connectivity index (χ1) is 10.1. The lowest BCUT2D eigenvalue weighted by Crippen LogP contribution is -2.44. The molecule has 0 atom stereocenters. The maximum absolute atomic E-state index is 6.22. The van der Waals surface area contributed by atoms with Crippen molar-refractivity contribution in [3.05, 3.63) is 34.6 Å². The predicted octanol–water partition coefficient (Wildman–Crippen LogP) is 4.20. The second-order valence-corrected chi connectivity index (χ2v) is 6.07. The molecule has 1 aromatic carbocycles. The van der Waals surface area contributed by atoms with Gasteiger partial charge in [-0.3, -0.25) is 0 Å². The Labute approximate surface area is 138 Å². The Morgan fingerprint density at radius 3 is 2.77 bits per heavy atom. The Morgan fingerprint density at radius 1 is 1.32 bits per heavy atom. The van der Waals surface area contributed by atoms with Crippen LogP contribution in [0.25, 0.3) is 22.6 Å². The zero-order valence-corrected chi connectivity index (χ0v) is 13.5. The third kappa shape index (κ3) is 2.20. The van der Waals surface area contributed by atoms with Crippen molar-refractivity contribution in [3.63, 3.8) is 0 Å². The molecular formula is C15H15Cl2N3O2. The van der Waals surface area contributed by atoms with Crippen molar-refractivity contribution in [1.82, 2.24) is 10.1 Å². The molecule has 3 aromatic rings. The Hall–Kier alpha value is -1.56. The Balaban J connectivity index is 0.00000144. The topological polar surface area (TPSA) is 78.1 Å². The minimum Gasteiger partial charge on any atom is -0.451 e. The second kappa shape index (κ2) is 5.26. The molecule has 0 bridgehead atoms. The van der Waals surface area contributed by atoms with Crippen LogP contribution in [0.4, 0.5) is 0 Å². The van der Waals surface area contributed by atoms with Gasteiger partial charge in [0.2, 0.25) is 0 Å². The molecule has 1 aliphatic rings. The number of benzene rings is 1. The van der Waals surface area contributed by atoms with E-state index in [0.29, 0.717) is 22.5 Å². The number of fused-ring (bicyclic) bond motifs is 1. The van der Waals surface area contributed by atoms with Gasteiger partial charge in [0.05, 0.1) is 5.54 Å². The number of hydrogen-bond acceptors (Lipinski definition) is 5. The molecule has 0 amide bonds. The van der Waals surface area contributed by atoms with Gasteiger partial charge in [0.25, 0.3) is 5.89 Å². The van der Waals surface area contributed by atoms with E-state index in [2.05, 4.69) is 10.1 Å². The summed E-state index contributed by atoms with van der Waals surface area (Å²) < 4.78 is 11.2. The molecule has 0 aliphatic heterocycles. The van der Waals surface area contributed by atoms with Crippen LogP contribution in [0.5, 0.6) is 0 Å². The van der Waals surface area contributed by atoms with E-state index in [4.69, 9.17) is 26.3 Å². The van der Waals surface area contributed by atoms with Gasteiger partial charge in [0.1, 0.15) is 5.58 Å². The monoisotopic (exact) mass is 339 g/mol. The fraction of sp³-hybridized carbons (Fsp3) is 0.333. The summed E-state index contributed by atoms with van der Waals surface area (Å²) in [5.74, 6) is 1.50. The van der Waals surface area contributed by atoms with E-state index in [9.17, 15) is 0 Å². The van der Waals surface area contributed by atoms with Crippen molar-refractivity contribution in [2.75, 3.05) is 0 Å². The van der Waals surface area contributed by atoms with Crippen LogP contribution in [0.15, 0.2) is 27.1 Å². The molecular weight excluding hydrogens is 325 g/mol. The molecule has 0 spiro atoms. The summed E-state index contributed by atoms with van der Waals surface area (Å²) in [6, 6.07) is 5.49. The van der Waals surface area contributed by atoms with Crippen molar-refractivity contribution in [2.45, 2.75) is 31.7 Å². The summed E-state index contributed by atoms with van der Waals surface area (Å²) in [5, 5.41) is 5.63. The molecule has 0 radical (unpaired) electrons. The first-order valence-corrected chi connectivity index (χ1v) is 7.27. The van der Waals surface area contributed by atoms with Gasteiger partial charge in [-0.2, -0.15) is 4.98 Å². The average molecular weight is 340 g/mol. The van der Waals surface area contributed by atoms with Crippen molar-refractivity contribution >= 4 is 35.0 Å². The minimum atomic E-state index is -0.440. The number of aryl methyl sites for hydroxylation is 1. The Morgan fingerprint density at radius 2 is 2.09 bits per heavy atom. The minimum absolute atomic E-state index is 0. The highest BCUT2D eigenvalue weighted by Gasteiger charge is 2.39. The van der Waals surface area contributed by atoms with Gasteiger partial charge in [-0.1, -0.05) is 16.8 Å². The van der Waals surface area contributed by atoms with Gasteiger partial charge in [-0.15, -0.1) is 12.4 Å². The number of furan rings is 1. The summed E-state index contributed by atoms with van der Waals surface area (Å²) in [5.41, 5.74) is 7.46. The fourth-order valence-corrected chi connectivity index (χ4v) is 2.87. The predicted molar refractivity (Wildman–Crippen MR) is 86.2 cm³/mol. The molecule has 1 aliphatic carbocycles. The van der Waals surface area contributed by atoms with Crippen LogP contribution in [-0.4, -0.2) is 10.1 Å². The summed E-state index contributed by atoms with van der Waals surface area (Å²) in [7, 11) is 0. The number of hydrogen-bond donors (Lipinski definition) is 1. The molecule has 22 heavy (non-hydrogen) atoms. The average Bonchev–Trinajstić information content (AvgIpc) is 3.02. The number of nitrogens with zero attached hydrogens (tertiary/aromatic N) is 2. The van der Waals surface area contributed by atoms with E-state index in [1.807, 2.05) is 19.1 Å². The zero-order chi connectivity index (χ0) is 14.6. The van der Waals surface area contributed by atoms with Crippen LogP contribution in [0.2, 0.25) is 5.02 Å². The van der Waals surface area contributed by atoms with Crippen LogP contribution in [0.3, 0.4) is 0 Å². The van der Waals surface area contributed by atoms with Gasteiger partial charge in [-0.25, -0.2) is 0 Å². The maximum atomic E-state index is 6.22. The van der Waals surface area contributed by atoms with E-state index >= 15 is 0 Å². The molecule has 116 valence electrons. The summed E-state index contributed by atoms with van der Waals surface area (Å²) >= 11 is 6.03. The van der Waals surface area contributed by atoms with Crippen LogP contribution in [0, 0.1) is 6.92 Å². The van der Waals surface area contributed by atoms with Crippen LogP contribution >= 0.6 is 24.0 Å². The van der Waals surface area contributed by atoms with Gasteiger partial charge in [0, 0.05) is 16.0 Å². The van der Waals surface area contributed by atoms with E-state index in [1.165, 1.54) is 0 Å². The highest BCUT2D eigenvalue weighted by atomic mass is 35.5. The van der Waals surface area contributed by atoms with Crippen molar-refractivity contribution in [3.8, 4) is 11.7 Å². The SMILES string of the molecule is Cc1c(-c2nc(C3(N)CCC3)no2)oc2ccc(Cl)cc12.Cl. The van der Waals surface area contributed by atoms with Crippen molar-refractivity contribution < 1.29 is 8.94 Å². The van der Waals surface area contributed by atoms with Gasteiger partial charge >= 0.3 is 0 Å². The third-order valence-electron chi connectivity index (χ3n) is 4.21. The lowest BCUT2D eigenvalue weighted by molar-refractivity contribution is 0.229. The number of aromatic nitrogens is 2. The van der Waals surface area contributed by atoms with Crippen LogP contribution in [-0.2, 0) is 5.54 Å². The van der Waals surface area contributed by atoms with E-state index in [-0.39, 0.29) is 12.4 Å². The molecule has 1 fully saturated rings. The third-order valence-corrected chi connectivity index (χ3v) is 4.44. The Bertz CT molecular complexity index is 837. The lowest BCUT2D eigenvalue weighted by atomic mass is 9.77. The van der Waals surface area contributed by atoms with Gasteiger partial charge in [-0.05, 0) is 44.4 Å². The number of nitrogens with two attached hydrogens (primary N) is 1. The lowest BCUT2D eigenvalue weighted by Gasteiger charge is -2.34. The highest BCUT2D eigenvalue weighted by molar-refractivity contribution is 6.31. The molecule has 2 aromatic heterocycles. The number of rotatable bonds is 2. The van der Waals surface area contributed by atoms with Crippen LogP contribution in [0.1, 0.15) is 30.7 Å². The normalized spacial score (nSPS) is 16.3. The number of halogens is 2. The molecule has 0 saturated heterocycles. The molecule has 5 nitrogen and oxygen atoms in total. The van der Waals surface area contributed by atoms with Gasteiger partial charge < -0.3 is 14.7 Å². The van der Waals surface area contributed by atoms with Gasteiger partial charge in [0.15, 0.2) is 11.6 Å². The summed E-state index contributed by atoms with van der Waals surface area (Å²) in [4.78, 5) is 4.42. The smallest absolute Gasteiger partial charge is 0.294 e. The van der Waals surface area contributed by atoms with E-state index in [1.54, 1.807) is 6.07 Å². The molecule has 2 N–H and O–H groups in total. The summed E-state index contributed by atoms with van der Waals surface area (Å²) in [6.45, 7) is 1.95. The van der Waals surface area contributed by atoms with Crippen molar-refractivity contribution in [2.24, 2.45) is 5.73 Å². The second-order valence-electron chi connectivity index (χ2n) is 5.63. The molecule has 0 unspecified atom stereocenters. The Kier molecular flexibility index (Phi) is 3.67. The maximum Gasteiger partial charge on any atom is 0.294 e. The summed E-state index contributed by atoms with van der Waals surface area (Å²) in [6.07, 6.45) is 2.88. The standard InChI is InChI=1S/C15H14ClN3O2.ClH/c1-8-10-7-9(16)3-4-11(10)20-12(8)13-18-14(19-21-13)15(17)5-2-6-15;/h3-4,7H,2,5-6,17H2,1H3;1H. The fourth-order valence-electron chi connectivity index (χ4n) is 2.70. The molecule has 2 heterocycles.